The second kappa shape index (κ2) is 5.06. The van der Waals surface area contributed by atoms with Crippen LogP contribution in [0, 0.1) is 0 Å². The summed E-state index contributed by atoms with van der Waals surface area (Å²) >= 11 is 0. The lowest BCUT2D eigenvalue weighted by Crippen LogP contribution is -2.50. The SMILES string of the molecule is c1ccc(-c2ccc3c(c2)c2ccc4c5c2n3-c2cccc3c2B5c2c-3cccc2-4)cc1. The van der Waals surface area contributed by atoms with Gasteiger partial charge in [0.15, 0.2) is 0 Å². The van der Waals surface area contributed by atoms with Crippen molar-refractivity contribution in [3.8, 4) is 39.1 Å². The lowest BCUT2D eigenvalue weighted by Gasteiger charge is -2.23. The van der Waals surface area contributed by atoms with Crippen LogP contribution in [0.4, 0.5) is 0 Å². The highest BCUT2D eigenvalue weighted by Gasteiger charge is 2.47. The summed E-state index contributed by atoms with van der Waals surface area (Å²) in [6.45, 7) is 0.386. The van der Waals surface area contributed by atoms with Crippen LogP contribution in [0.2, 0.25) is 0 Å². The van der Waals surface area contributed by atoms with Crippen molar-refractivity contribution in [3.63, 3.8) is 0 Å². The first-order chi connectivity index (χ1) is 15.9. The van der Waals surface area contributed by atoms with Gasteiger partial charge in [-0.1, -0.05) is 84.3 Å². The van der Waals surface area contributed by atoms with Crippen molar-refractivity contribution >= 4 is 44.9 Å². The minimum absolute atomic E-state index is 0.386. The van der Waals surface area contributed by atoms with Gasteiger partial charge in [-0.2, -0.15) is 0 Å². The van der Waals surface area contributed by atoms with Crippen LogP contribution in [-0.2, 0) is 0 Å². The predicted octanol–water partition coefficient (Wildman–Crippen LogP) is 5.24. The maximum Gasteiger partial charge on any atom is 0.249 e. The molecule has 5 aromatic carbocycles. The number of rotatable bonds is 1. The number of benzene rings is 5. The molecule has 3 aliphatic rings. The van der Waals surface area contributed by atoms with E-state index in [9.17, 15) is 0 Å². The Balaban J connectivity index is 1.50. The van der Waals surface area contributed by atoms with Gasteiger partial charge < -0.3 is 4.57 Å². The molecule has 0 fully saturated rings. The average Bonchev–Trinajstić information content (AvgIpc) is 3.49. The zero-order chi connectivity index (χ0) is 20.6. The van der Waals surface area contributed by atoms with Crippen molar-refractivity contribution in [2.75, 3.05) is 0 Å². The van der Waals surface area contributed by atoms with E-state index in [0.717, 1.165) is 0 Å². The first-order valence-electron chi connectivity index (χ1n) is 11.3. The average molecular weight is 401 g/mol. The van der Waals surface area contributed by atoms with Crippen molar-refractivity contribution in [2.45, 2.75) is 0 Å². The highest BCUT2D eigenvalue weighted by atomic mass is 15.0. The maximum absolute atomic E-state index is 2.54. The lowest BCUT2D eigenvalue weighted by molar-refractivity contribution is 1.19. The third-order valence-corrected chi connectivity index (χ3v) is 7.95. The van der Waals surface area contributed by atoms with Crippen LogP contribution < -0.4 is 16.4 Å². The van der Waals surface area contributed by atoms with Crippen LogP contribution in [0.15, 0.2) is 97.1 Å². The summed E-state index contributed by atoms with van der Waals surface area (Å²) in [6, 6.07) is 36.2. The van der Waals surface area contributed by atoms with Crippen LogP contribution >= 0.6 is 0 Å². The fraction of sp³-hybridized carbons (Fsp3) is 0. The highest BCUT2D eigenvalue weighted by Crippen LogP contribution is 2.43. The van der Waals surface area contributed by atoms with Gasteiger partial charge in [0, 0.05) is 22.0 Å². The fourth-order valence-electron chi connectivity index (χ4n) is 6.79. The minimum atomic E-state index is 0.386. The Labute approximate surface area is 185 Å². The summed E-state index contributed by atoms with van der Waals surface area (Å²) < 4.78 is 2.54. The lowest BCUT2D eigenvalue weighted by atomic mass is 9.39. The van der Waals surface area contributed by atoms with Crippen molar-refractivity contribution in [1.82, 2.24) is 4.57 Å². The Kier molecular flexibility index (Phi) is 2.48. The van der Waals surface area contributed by atoms with Crippen molar-refractivity contribution in [2.24, 2.45) is 0 Å². The molecule has 6 aromatic rings. The molecule has 3 aliphatic heterocycles. The minimum Gasteiger partial charge on any atom is -0.310 e. The first-order valence-corrected chi connectivity index (χ1v) is 11.3. The molecule has 0 amide bonds. The molecule has 1 nitrogen and oxygen atoms in total. The fourth-order valence-corrected chi connectivity index (χ4v) is 6.79. The number of aromatic nitrogens is 1. The highest BCUT2D eigenvalue weighted by molar-refractivity contribution is 7.04. The van der Waals surface area contributed by atoms with E-state index < -0.39 is 0 Å². The van der Waals surface area contributed by atoms with E-state index in [1.54, 1.807) is 0 Å². The second-order valence-electron chi connectivity index (χ2n) is 9.29. The molecule has 4 heterocycles. The molecule has 1 aromatic heterocycles. The molecular weight excluding hydrogens is 385 g/mol. The Morgan fingerprint density at radius 1 is 0.500 bits per heavy atom. The second-order valence-corrected chi connectivity index (χ2v) is 9.29. The normalized spacial score (nSPS) is 13.6. The van der Waals surface area contributed by atoms with E-state index in [1.807, 2.05) is 0 Å². The number of fused-ring (bicyclic) bond motifs is 6. The molecule has 0 saturated carbocycles. The van der Waals surface area contributed by atoms with Gasteiger partial charge in [0.25, 0.3) is 0 Å². The van der Waals surface area contributed by atoms with E-state index in [-0.39, 0.29) is 0 Å². The van der Waals surface area contributed by atoms with Crippen LogP contribution in [0.25, 0.3) is 60.9 Å². The number of hydrogen-bond acceptors (Lipinski definition) is 0. The zero-order valence-electron chi connectivity index (χ0n) is 17.3. The monoisotopic (exact) mass is 401 g/mol. The standard InChI is InChI=1S/C30H16BN/c1-2-6-17(7-3-1)18-12-15-25-24(16-18)23-14-13-22-20-9-4-8-19-21-10-5-11-26-28(21)31(27(19)20)29(22)30(23)32(25)26/h1-16H. The van der Waals surface area contributed by atoms with Crippen LogP contribution in [0.5, 0.6) is 0 Å². The number of hydrogen-bond donors (Lipinski definition) is 0. The Bertz CT molecular complexity index is 1820. The topological polar surface area (TPSA) is 4.93 Å². The molecule has 9 rings (SSSR count). The molecule has 0 spiro atoms. The van der Waals surface area contributed by atoms with Crippen molar-refractivity contribution in [3.05, 3.63) is 97.1 Å². The van der Waals surface area contributed by atoms with E-state index in [1.165, 1.54) is 77.3 Å². The van der Waals surface area contributed by atoms with Gasteiger partial charge in [-0.3, -0.25) is 0 Å². The molecule has 0 atom stereocenters. The molecule has 0 aliphatic carbocycles. The van der Waals surface area contributed by atoms with Crippen LogP contribution in [-0.4, -0.2) is 11.3 Å². The Morgan fingerprint density at radius 3 is 2.09 bits per heavy atom. The summed E-state index contributed by atoms with van der Waals surface area (Å²) in [4.78, 5) is 0. The smallest absolute Gasteiger partial charge is 0.249 e. The van der Waals surface area contributed by atoms with Gasteiger partial charge >= 0.3 is 0 Å². The summed E-state index contributed by atoms with van der Waals surface area (Å²) in [5, 5.41) is 2.71. The van der Waals surface area contributed by atoms with E-state index in [2.05, 4.69) is 102 Å². The molecule has 0 radical (unpaired) electrons. The number of nitrogens with zero attached hydrogens (tertiary/aromatic N) is 1. The van der Waals surface area contributed by atoms with E-state index in [4.69, 9.17) is 0 Å². The zero-order valence-corrected chi connectivity index (χ0v) is 17.3. The van der Waals surface area contributed by atoms with Gasteiger partial charge in [-0.05, 0) is 62.5 Å². The molecule has 32 heavy (non-hydrogen) atoms. The summed E-state index contributed by atoms with van der Waals surface area (Å²) in [6.07, 6.45) is 0. The molecule has 144 valence electrons. The molecule has 2 heteroatoms. The molecule has 0 unspecified atom stereocenters. The largest absolute Gasteiger partial charge is 0.310 e. The van der Waals surface area contributed by atoms with Crippen LogP contribution in [0.3, 0.4) is 0 Å². The summed E-state index contributed by atoms with van der Waals surface area (Å²) in [7, 11) is 0. The summed E-state index contributed by atoms with van der Waals surface area (Å²) in [5.41, 5.74) is 16.8. The third-order valence-electron chi connectivity index (χ3n) is 7.95. The van der Waals surface area contributed by atoms with Crippen molar-refractivity contribution < 1.29 is 0 Å². The third kappa shape index (κ3) is 1.56. The van der Waals surface area contributed by atoms with E-state index in [0.29, 0.717) is 6.71 Å². The maximum atomic E-state index is 2.54. The molecule has 0 saturated heterocycles. The molecule has 0 N–H and O–H groups in total. The molecule has 0 bridgehead atoms. The summed E-state index contributed by atoms with van der Waals surface area (Å²) in [5.74, 6) is 0. The molecular formula is C30H16BN. The van der Waals surface area contributed by atoms with Gasteiger partial charge in [0.2, 0.25) is 6.71 Å². The van der Waals surface area contributed by atoms with Crippen LogP contribution in [0.1, 0.15) is 0 Å². The quantitative estimate of drug-likeness (QED) is 0.332. The van der Waals surface area contributed by atoms with Gasteiger partial charge in [0.1, 0.15) is 0 Å². The van der Waals surface area contributed by atoms with Gasteiger partial charge in [-0.15, -0.1) is 0 Å². The first kappa shape index (κ1) is 15.7. The Hall–Kier alpha value is -4.04. The van der Waals surface area contributed by atoms with Gasteiger partial charge in [-0.25, -0.2) is 0 Å². The van der Waals surface area contributed by atoms with E-state index >= 15 is 0 Å². The Morgan fingerprint density at radius 2 is 1.25 bits per heavy atom. The van der Waals surface area contributed by atoms with Gasteiger partial charge in [0.05, 0.1) is 5.52 Å². The van der Waals surface area contributed by atoms with Crippen molar-refractivity contribution in [1.29, 1.82) is 0 Å². The predicted molar refractivity (Wildman–Crippen MR) is 135 cm³/mol.